The summed E-state index contributed by atoms with van der Waals surface area (Å²) in [5.74, 6) is 0.668. The van der Waals surface area contributed by atoms with Crippen LogP contribution in [0.5, 0.6) is 0 Å². The van der Waals surface area contributed by atoms with Crippen LogP contribution in [0.1, 0.15) is 44.6 Å². The van der Waals surface area contributed by atoms with Crippen LogP contribution < -0.4 is 5.73 Å². The second kappa shape index (κ2) is 7.17. The van der Waals surface area contributed by atoms with E-state index >= 15 is 0 Å². The van der Waals surface area contributed by atoms with Crippen molar-refractivity contribution in [3.05, 3.63) is 29.8 Å². The number of likely N-dealkylation sites (tertiary alicyclic amines) is 1. The van der Waals surface area contributed by atoms with Gasteiger partial charge >= 0.3 is 0 Å². The Morgan fingerprint density at radius 3 is 2.47 bits per heavy atom. The Bertz CT molecular complexity index is 403. The number of benzene rings is 1. The second-order valence-corrected chi connectivity index (χ2v) is 5.29. The van der Waals surface area contributed by atoms with Crippen molar-refractivity contribution in [1.82, 2.24) is 4.90 Å². The lowest BCUT2D eigenvalue weighted by atomic mass is 10.1. The number of aryl methyl sites for hydroxylation is 1. The maximum Gasteiger partial charge on any atom is 0.196 e. The molecule has 0 aromatic heterocycles. The largest absolute Gasteiger partial charge is 0.369 e. The predicted octanol–water partition coefficient (Wildman–Crippen LogP) is 3.46. The van der Waals surface area contributed by atoms with Crippen LogP contribution in [0.3, 0.4) is 0 Å². The zero-order valence-corrected chi connectivity index (χ0v) is 11.9. The van der Waals surface area contributed by atoms with Gasteiger partial charge in [0.1, 0.15) is 0 Å². The molecule has 0 unspecified atom stereocenters. The molecule has 19 heavy (non-hydrogen) atoms. The molecule has 0 amide bonds. The van der Waals surface area contributed by atoms with Crippen LogP contribution in [0.4, 0.5) is 5.69 Å². The second-order valence-electron chi connectivity index (χ2n) is 5.29. The molecule has 0 bridgehead atoms. The Morgan fingerprint density at radius 2 is 1.84 bits per heavy atom. The van der Waals surface area contributed by atoms with E-state index < -0.39 is 0 Å². The molecule has 1 saturated heterocycles. The van der Waals surface area contributed by atoms with Gasteiger partial charge in [0.25, 0.3) is 0 Å². The van der Waals surface area contributed by atoms with Gasteiger partial charge in [0.15, 0.2) is 5.96 Å². The van der Waals surface area contributed by atoms with Gasteiger partial charge in [-0.2, -0.15) is 0 Å². The highest BCUT2D eigenvalue weighted by atomic mass is 15.2. The van der Waals surface area contributed by atoms with Gasteiger partial charge in [0.2, 0.25) is 0 Å². The van der Waals surface area contributed by atoms with Gasteiger partial charge in [-0.15, -0.1) is 0 Å². The Kier molecular flexibility index (Phi) is 5.25. The average Bonchev–Trinajstić information content (AvgIpc) is 2.47. The van der Waals surface area contributed by atoms with E-state index in [1.165, 1.54) is 37.7 Å². The van der Waals surface area contributed by atoms with E-state index in [0.717, 1.165) is 25.2 Å². The van der Waals surface area contributed by atoms with Crippen LogP contribution in [-0.4, -0.2) is 23.9 Å². The van der Waals surface area contributed by atoms with Crippen LogP contribution in [0.25, 0.3) is 0 Å². The molecule has 104 valence electrons. The fourth-order valence-corrected chi connectivity index (χ4v) is 2.44. The van der Waals surface area contributed by atoms with Gasteiger partial charge in [-0.1, -0.05) is 25.5 Å². The van der Waals surface area contributed by atoms with Crippen LogP contribution in [0.2, 0.25) is 0 Å². The average molecular weight is 259 g/mol. The molecule has 3 heteroatoms. The lowest BCUT2D eigenvalue weighted by Gasteiger charge is -2.27. The quantitative estimate of drug-likeness (QED) is 0.664. The summed E-state index contributed by atoms with van der Waals surface area (Å²) in [6, 6.07) is 8.47. The predicted molar refractivity (Wildman–Crippen MR) is 81.8 cm³/mol. The molecular formula is C16H25N3. The third-order valence-electron chi connectivity index (χ3n) is 3.68. The molecule has 0 atom stereocenters. The first-order valence-electron chi connectivity index (χ1n) is 7.47. The molecule has 0 aliphatic carbocycles. The highest BCUT2D eigenvalue weighted by Crippen LogP contribution is 2.16. The SMILES string of the molecule is CCCCc1ccc(N=C(N)N2CCCCC2)cc1. The van der Waals surface area contributed by atoms with Gasteiger partial charge in [-0.3, -0.25) is 0 Å². The molecule has 2 N–H and O–H groups in total. The third-order valence-corrected chi connectivity index (χ3v) is 3.68. The summed E-state index contributed by atoms with van der Waals surface area (Å²) < 4.78 is 0. The highest BCUT2D eigenvalue weighted by Gasteiger charge is 2.11. The van der Waals surface area contributed by atoms with Crippen molar-refractivity contribution in [3.63, 3.8) is 0 Å². The van der Waals surface area contributed by atoms with E-state index in [1.54, 1.807) is 0 Å². The van der Waals surface area contributed by atoms with Crippen molar-refractivity contribution in [1.29, 1.82) is 0 Å². The van der Waals surface area contributed by atoms with E-state index in [0.29, 0.717) is 5.96 Å². The number of unbranched alkanes of at least 4 members (excludes halogenated alkanes) is 1. The van der Waals surface area contributed by atoms with Crippen molar-refractivity contribution in [3.8, 4) is 0 Å². The lowest BCUT2D eigenvalue weighted by Crippen LogP contribution is -2.40. The molecular weight excluding hydrogens is 234 g/mol. The summed E-state index contributed by atoms with van der Waals surface area (Å²) in [5.41, 5.74) is 8.42. The molecule has 0 spiro atoms. The fraction of sp³-hybridized carbons (Fsp3) is 0.562. The summed E-state index contributed by atoms with van der Waals surface area (Å²) in [6.07, 6.45) is 7.41. The minimum atomic E-state index is 0.668. The number of hydrogen-bond donors (Lipinski definition) is 1. The van der Waals surface area contributed by atoms with Crippen molar-refractivity contribution in [2.75, 3.05) is 13.1 Å². The van der Waals surface area contributed by atoms with Crippen molar-refractivity contribution >= 4 is 11.6 Å². The molecule has 1 aromatic carbocycles. The normalized spacial score (nSPS) is 16.7. The smallest absolute Gasteiger partial charge is 0.196 e. The van der Waals surface area contributed by atoms with Gasteiger partial charge in [0.05, 0.1) is 5.69 Å². The monoisotopic (exact) mass is 259 g/mol. The zero-order valence-electron chi connectivity index (χ0n) is 11.9. The number of hydrogen-bond acceptors (Lipinski definition) is 1. The molecule has 1 aliphatic heterocycles. The Hall–Kier alpha value is -1.51. The van der Waals surface area contributed by atoms with E-state index in [4.69, 9.17) is 5.73 Å². The fourth-order valence-electron chi connectivity index (χ4n) is 2.44. The summed E-state index contributed by atoms with van der Waals surface area (Å²) in [6.45, 7) is 4.31. The van der Waals surface area contributed by atoms with Crippen LogP contribution >= 0.6 is 0 Å². The standard InChI is InChI=1S/C16H25N3/c1-2-3-7-14-8-10-15(11-9-14)18-16(17)19-12-5-4-6-13-19/h8-11H,2-7,12-13H2,1H3,(H2,17,18). The van der Waals surface area contributed by atoms with Crippen LogP contribution in [0.15, 0.2) is 29.3 Å². The molecule has 1 aliphatic rings. The van der Waals surface area contributed by atoms with Crippen LogP contribution in [-0.2, 0) is 6.42 Å². The minimum Gasteiger partial charge on any atom is -0.369 e. The van der Waals surface area contributed by atoms with Crippen molar-refractivity contribution in [2.24, 2.45) is 10.7 Å². The highest BCUT2D eigenvalue weighted by molar-refractivity contribution is 5.81. The molecule has 0 radical (unpaired) electrons. The molecule has 1 aromatic rings. The Morgan fingerprint density at radius 1 is 1.16 bits per heavy atom. The summed E-state index contributed by atoms with van der Waals surface area (Å²) >= 11 is 0. The number of nitrogens with two attached hydrogens (primary N) is 1. The molecule has 1 fully saturated rings. The van der Waals surface area contributed by atoms with Crippen molar-refractivity contribution < 1.29 is 0 Å². The zero-order chi connectivity index (χ0) is 13.5. The number of guanidine groups is 1. The minimum absolute atomic E-state index is 0.668. The summed E-state index contributed by atoms with van der Waals surface area (Å²) in [5, 5.41) is 0. The molecule has 3 nitrogen and oxygen atoms in total. The van der Waals surface area contributed by atoms with Gasteiger partial charge in [-0.25, -0.2) is 4.99 Å². The number of aliphatic imine (C=N–C) groups is 1. The van der Waals surface area contributed by atoms with E-state index in [2.05, 4.69) is 41.1 Å². The number of nitrogens with zero attached hydrogens (tertiary/aromatic N) is 2. The maximum absolute atomic E-state index is 6.07. The van der Waals surface area contributed by atoms with E-state index in [-0.39, 0.29) is 0 Å². The van der Waals surface area contributed by atoms with Crippen LogP contribution in [0, 0.1) is 0 Å². The Balaban J connectivity index is 1.97. The summed E-state index contributed by atoms with van der Waals surface area (Å²) in [4.78, 5) is 6.71. The topological polar surface area (TPSA) is 41.6 Å². The number of piperidine rings is 1. The summed E-state index contributed by atoms with van der Waals surface area (Å²) in [7, 11) is 0. The lowest BCUT2D eigenvalue weighted by molar-refractivity contribution is 0.339. The first-order valence-corrected chi connectivity index (χ1v) is 7.47. The first kappa shape index (κ1) is 13.9. The van der Waals surface area contributed by atoms with Gasteiger partial charge < -0.3 is 10.6 Å². The molecule has 1 heterocycles. The van der Waals surface area contributed by atoms with E-state index in [9.17, 15) is 0 Å². The van der Waals surface area contributed by atoms with Crippen molar-refractivity contribution in [2.45, 2.75) is 45.4 Å². The molecule has 2 rings (SSSR count). The van der Waals surface area contributed by atoms with E-state index in [1.807, 2.05) is 0 Å². The first-order chi connectivity index (χ1) is 9.29. The number of rotatable bonds is 4. The van der Waals surface area contributed by atoms with Gasteiger partial charge in [-0.05, 0) is 49.8 Å². The third kappa shape index (κ3) is 4.27. The maximum atomic E-state index is 6.07. The molecule has 0 saturated carbocycles. The van der Waals surface area contributed by atoms with Gasteiger partial charge in [0, 0.05) is 13.1 Å². The Labute approximate surface area is 116 Å².